The first-order valence-corrected chi connectivity index (χ1v) is 9.15. The molecule has 0 bridgehead atoms. The average molecular weight is 361 g/mol. The Morgan fingerprint density at radius 1 is 1.12 bits per heavy atom. The van der Waals surface area contributed by atoms with Gasteiger partial charge in [0.2, 0.25) is 15.6 Å². The van der Waals surface area contributed by atoms with Crippen LogP contribution in [-0.4, -0.2) is 35.2 Å². The molecule has 0 spiro atoms. The summed E-state index contributed by atoms with van der Waals surface area (Å²) < 4.78 is 25.0. The molecule has 0 aliphatic carbocycles. The van der Waals surface area contributed by atoms with Crippen molar-refractivity contribution in [2.24, 2.45) is 0 Å². The third-order valence-corrected chi connectivity index (χ3v) is 6.05. The predicted molar refractivity (Wildman–Crippen MR) is 85.6 cm³/mol. The summed E-state index contributed by atoms with van der Waals surface area (Å²) in [7, 11) is -3.63. The second-order valence-electron chi connectivity index (χ2n) is 4.83. The maximum atomic E-state index is 12.5. The molecule has 9 heteroatoms. The molecule has 0 aliphatic heterocycles. The summed E-state index contributed by atoms with van der Waals surface area (Å²) in [6.45, 7) is 0. The molecule has 1 aromatic carbocycles. The van der Waals surface area contributed by atoms with Crippen LogP contribution >= 0.6 is 11.3 Å². The number of hydrogen-bond acceptors (Lipinski definition) is 7. The average Bonchev–Trinajstić information content (AvgIpc) is 3.27. The summed E-state index contributed by atoms with van der Waals surface area (Å²) in [6, 6.07) is 9.43. The second-order valence-corrected chi connectivity index (χ2v) is 7.77. The number of H-pyrrole nitrogens is 1. The Balaban J connectivity index is 1.79. The Kier molecular flexibility index (Phi) is 4.36. The number of sulfone groups is 1. The zero-order chi connectivity index (χ0) is 17.2. The van der Waals surface area contributed by atoms with Gasteiger partial charge in [0.25, 0.3) is 5.78 Å². The van der Waals surface area contributed by atoms with E-state index in [0.717, 1.165) is 17.7 Å². The monoisotopic (exact) mass is 361 g/mol. The van der Waals surface area contributed by atoms with E-state index in [-0.39, 0.29) is 22.0 Å². The van der Waals surface area contributed by atoms with Gasteiger partial charge in [0.1, 0.15) is 6.33 Å². The molecule has 0 fully saturated rings. The Hall–Kier alpha value is -2.65. The van der Waals surface area contributed by atoms with Gasteiger partial charge >= 0.3 is 0 Å². The second kappa shape index (κ2) is 6.46. The number of carbonyl (C=O) groups excluding carboxylic acids is 2. The molecule has 0 radical (unpaired) electrons. The predicted octanol–water partition coefficient (Wildman–Crippen LogP) is 1.69. The smallest absolute Gasteiger partial charge is 0.265 e. The van der Waals surface area contributed by atoms with E-state index in [9.17, 15) is 18.0 Å². The Bertz CT molecular complexity index is 977. The lowest BCUT2D eigenvalue weighted by Gasteiger charge is -2.00. The first-order valence-electron chi connectivity index (χ1n) is 6.79. The summed E-state index contributed by atoms with van der Waals surface area (Å²) in [6.07, 6.45) is 0.949. The van der Waals surface area contributed by atoms with Gasteiger partial charge in [0.05, 0.1) is 9.79 Å². The fraction of sp³-hybridized carbons (Fsp3) is 0.0667. The van der Waals surface area contributed by atoms with Crippen LogP contribution in [0.3, 0.4) is 0 Å². The largest absolute Gasteiger partial charge is 0.290 e. The van der Waals surface area contributed by atoms with Gasteiger partial charge in [0, 0.05) is 16.7 Å². The van der Waals surface area contributed by atoms with Crippen molar-refractivity contribution in [1.29, 1.82) is 0 Å². The first kappa shape index (κ1) is 16.2. The van der Waals surface area contributed by atoms with Gasteiger partial charge in [-0.1, -0.05) is 18.2 Å². The van der Waals surface area contributed by atoms with Crippen molar-refractivity contribution in [3.8, 4) is 0 Å². The van der Waals surface area contributed by atoms with Crippen LogP contribution in [0.4, 0.5) is 0 Å². The number of carbonyl (C=O) groups is 2. The van der Waals surface area contributed by atoms with Gasteiger partial charge in [-0.2, -0.15) is 5.10 Å². The SMILES string of the molecule is O=C(Cc1cc(S(=O)(=O)c2ccccc2)cs1)C(=O)c1ncn[nH]1. The molecule has 1 N–H and O–H groups in total. The zero-order valence-corrected chi connectivity index (χ0v) is 13.8. The van der Waals surface area contributed by atoms with Crippen molar-refractivity contribution in [1.82, 2.24) is 15.2 Å². The molecule has 0 amide bonds. The summed E-state index contributed by atoms with van der Waals surface area (Å²) in [5, 5.41) is 7.31. The number of nitrogens with zero attached hydrogens (tertiary/aromatic N) is 2. The number of aromatic nitrogens is 3. The molecule has 0 aliphatic rings. The summed E-state index contributed by atoms with van der Waals surface area (Å²) in [5.41, 5.74) is 0. The van der Waals surface area contributed by atoms with E-state index >= 15 is 0 Å². The van der Waals surface area contributed by atoms with E-state index in [4.69, 9.17) is 0 Å². The van der Waals surface area contributed by atoms with Gasteiger partial charge in [-0.25, -0.2) is 13.4 Å². The third kappa shape index (κ3) is 3.17. The van der Waals surface area contributed by atoms with E-state index < -0.39 is 21.4 Å². The topological polar surface area (TPSA) is 110 Å². The van der Waals surface area contributed by atoms with Crippen LogP contribution < -0.4 is 0 Å². The van der Waals surface area contributed by atoms with Crippen LogP contribution in [0.2, 0.25) is 0 Å². The number of Topliss-reactive ketones (excluding diaryl/α,β-unsaturated/α-hetero) is 2. The minimum absolute atomic E-state index is 0.105. The van der Waals surface area contributed by atoms with Crippen molar-refractivity contribution in [3.05, 3.63) is 58.8 Å². The Labute approximate surface area is 141 Å². The molecule has 0 saturated carbocycles. The lowest BCUT2D eigenvalue weighted by molar-refractivity contribution is -0.114. The molecule has 24 heavy (non-hydrogen) atoms. The number of nitrogens with one attached hydrogen (secondary N) is 1. The molecular weight excluding hydrogens is 350 g/mol. The van der Waals surface area contributed by atoms with E-state index in [2.05, 4.69) is 15.2 Å². The highest BCUT2D eigenvalue weighted by Gasteiger charge is 2.23. The highest BCUT2D eigenvalue weighted by Crippen LogP contribution is 2.26. The van der Waals surface area contributed by atoms with E-state index in [1.165, 1.54) is 23.6 Å². The van der Waals surface area contributed by atoms with Crippen molar-refractivity contribution >= 4 is 32.7 Å². The fourth-order valence-electron chi connectivity index (χ4n) is 2.02. The molecule has 2 aromatic heterocycles. The highest BCUT2D eigenvalue weighted by molar-refractivity contribution is 7.91. The summed E-state index contributed by atoms with van der Waals surface area (Å²) in [4.78, 5) is 28.2. The van der Waals surface area contributed by atoms with Crippen molar-refractivity contribution in [3.63, 3.8) is 0 Å². The van der Waals surface area contributed by atoms with Crippen molar-refractivity contribution < 1.29 is 18.0 Å². The molecule has 0 unspecified atom stereocenters. The van der Waals surface area contributed by atoms with Gasteiger partial charge in [-0.15, -0.1) is 11.3 Å². The van der Waals surface area contributed by atoms with Crippen LogP contribution in [0, 0.1) is 0 Å². The standard InChI is InChI=1S/C15H11N3O4S2/c19-13(14(20)15-16-9-17-18-15)7-10-6-12(8-23-10)24(21,22)11-4-2-1-3-5-11/h1-6,8-9H,7H2,(H,16,17,18). The van der Waals surface area contributed by atoms with Gasteiger partial charge in [-0.3, -0.25) is 14.7 Å². The molecule has 122 valence electrons. The molecule has 7 nitrogen and oxygen atoms in total. The maximum Gasteiger partial charge on any atom is 0.265 e. The van der Waals surface area contributed by atoms with E-state index in [1.807, 2.05) is 0 Å². The zero-order valence-electron chi connectivity index (χ0n) is 12.2. The lowest BCUT2D eigenvalue weighted by Crippen LogP contribution is -2.17. The number of hydrogen-bond donors (Lipinski definition) is 1. The van der Waals surface area contributed by atoms with Crippen molar-refractivity contribution in [2.75, 3.05) is 0 Å². The lowest BCUT2D eigenvalue weighted by atomic mass is 10.1. The minimum atomic E-state index is -3.63. The molecule has 2 heterocycles. The fourth-order valence-corrected chi connectivity index (χ4v) is 4.57. The normalized spacial score (nSPS) is 11.3. The van der Waals surface area contributed by atoms with Crippen LogP contribution in [-0.2, 0) is 21.1 Å². The van der Waals surface area contributed by atoms with Crippen LogP contribution in [0.1, 0.15) is 15.5 Å². The molecule has 0 saturated heterocycles. The summed E-state index contributed by atoms with van der Waals surface area (Å²) in [5.74, 6) is -1.60. The maximum absolute atomic E-state index is 12.5. The van der Waals surface area contributed by atoms with E-state index in [0.29, 0.717) is 4.88 Å². The van der Waals surface area contributed by atoms with Crippen LogP contribution in [0.25, 0.3) is 0 Å². The van der Waals surface area contributed by atoms with Gasteiger partial charge < -0.3 is 0 Å². The van der Waals surface area contributed by atoms with Crippen LogP contribution in [0.15, 0.2) is 57.9 Å². The van der Waals surface area contributed by atoms with E-state index in [1.54, 1.807) is 18.2 Å². The first-order chi connectivity index (χ1) is 11.5. The highest BCUT2D eigenvalue weighted by atomic mass is 32.2. The molecule has 3 aromatic rings. The Morgan fingerprint density at radius 2 is 1.88 bits per heavy atom. The number of thiophene rings is 1. The number of benzene rings is 1. The molecule has 0 atom stereocenters. The quantitative estimate of drug-likeness (QED) is 0.528. The van der Waals surface area contributed by atoms with Gasteiger partial charge in [-0.05, 0) is 18.2 Å². The minimum Gasteiger partial charge on any atom is -0.290 e. The van der Waals surface area contributed by atoms with Gasteiger partial charge in [0.15, 0.2) is 5.82 Å². The Morgan fingerprint density at radius 3 is 2.54 bits per heavy atom. The van der Waals surface area contributed by atoms with Crippen LogP contribution in [0.5, 0.6) is 0 Å². The van der Waals surface area contributed by atoms with Crippen molar-refractivity contribution in [2.45, 2.75) is 16.2 Å². The number of aromatic amines is 1. The molecule has 3 rings (SSSR count). The third-order valence-electron chi connectivity index (χ3n) is 3.21. The molecular formula is C15H11N3O4S2. The number of rotatable bonds is 6. The summed E-state index contributed by atoms with van der Waals surface area (Å²) >= 11 is 1.12. The number of ketones is 2.